The molecule has 0 saturated heterocycles. The van der Waals surface area contributed by atoms with Crippen LogP contribution in [0.4, 0.5) is 0 Å². The fourth-order valence-corrected chi connectivity index (χ4v) is 4.31. The van der Waals surface area contributed by atoms with Crippen LogP contribution in [0.2, 0.25) is 0 Å². The quantitative estimate of drug-likeness (QED) is 0.573. The predicted octanol–water partition coefficient (Wildman–Crippen LogP) is 5.43. The monoisotopic (exact) mass is 429 g/mol. The molecule has 1 saturated carbocycles. The molecule has 0 spiro atoms. The Kier molecular flexibility index (Phi) is 8.94. The fourth-order valence-electron chi connectivity index (χ4n) is 4.31. The summed E-state index contributed by atoms with van der Waals surface area (Å²) in [6.07, 6.45) is 5.50. The number of nitrogens with zero attached hydrogens (tertiary/aromatic N) is 1. The Morgan fingerprint density at radius 3 is 2.60 bits per heavy atom. The van der Waals surface area contributed by atoms with E-state index in [1.165, 1.54) is 18.2 Å². The number of rotatable bonds is 6. The normalized spacial score (nSPS) is 20.0. The molecule has 162 valence electrons. The third-order valence-electron chi connectivity index (χ3n) is 5.69. The molecule has 2 unspecified atom stereocenters. The maximum Gasteiger partial charge on any atom is 0.337 e. The summed E-state index contributed by atoms with van der Waals surface area (Å²) in [7, 11) is 7.42. The van der Waals surface area contributed by atoms with Gasteiger partial charge in [-0.2, -0.15) is 0 Å². The standard InChI is InChI=1S/C25H31NO3.ClH/c1-26(2)17-22-12-11-19(13-18-7-5-9-21(14-18)25(27)29-4)15-24(22)20-8-6-10-23(16-20)28-3;/h5-10,13-14,16,22,24H,11-12,15,17H2,1-4H3;1H/b19-13-;. The number of carbonyl (C=O) groups excluding carboxylic acids is 1. The van der Waals surface area contributed by atoms with Gasteiger partial charge in [0.2, 0.25) is 0 Å². The Morgan fingerprint density at radius 2 is 1.90 bits per heavy atom. The summed E-state index contributed by atoms with van der Waals surface area (Å²) in [4.78, 5) is 14.1. The second-order valence-electron chi connectivity index (χ2n) is 8.07. The van der Waals surface area contributed by atoms with Crippen molar-refractivity contribution >= 4 is 24.5 Å². The third-order valence-corrected chi connectivity index (χ3v) is 5.69. The van der Waals surface area contributed by atoms with Gasteiger partial charge in [-0.3, -0.25) is 0 Å². The van der Waals surface area contributed by atoms with Crippen molar-refractivity contribution in [1.82, 2.24) is 4.90 Å². The van der Waals surface area contributed by atoms with Gasteiger partial charge in [-0.05, 0) is 80.6 Å². The molecule has 5 heteroatoms. The number of halogens is 1. The number of ether oxygens (including phenoxy) is 2. The molecule has 0 heterocycles. The highest BCUT2D eigenvalue weighted by Crippen LogP contribution is 2.42. The van der Waals surface area contributed by atoms with Crippen molar-refractivity contribution in [1.29, 1.82) is 0 Å². The average molecular weight is 430 g/mol. The van der Waals surface area contributed by atoms with Crippen molar-refractivity contribution in [2.75, 3.05) is 34.9 Å². The van der Waals surface area contributed by atoms with Crippen LogP contribution in [0.1, 0.15) is 46.7 Å². The first-order valence-corrected chi connectivity index (χ1v) is 10.2. The Bertz CT molecular complexity index is 878. The van der Waals surface area contributed by atoms with Gasteiger partial charge in [0.1, 0.15) is 5.75 Å². The number of benzene rings is 2. The highest BCUT2D eigenvalue weighted by atomic mass is 35.5. The van der Waals surface area contributed by atoms with Gasteiger partial charge < -0.3 is 14.4 Å². The van der Waals surface area contributed by atoms with Gasteiger partial charge in [-0.25, -0.2) is 4.79 Å². The highest BCUT2D eigenvalue weighted by molar-refractivity contribution is 5.90. The Balaban J connectivity index is 0.00000320. The molecule has 3 rings (SSSR count). The van der Waals surface area contributed by atoms with Gasteiger partial charge >= 0.3 is 5.97 Å². The summed E-state index contributed by atoms with van der Waals surface area (Å²) in [5, 5.41) is 0. The molecule has 0 aliphatic heterocycles. The number of hydrogen-bond acceptors (Lipinski definition) is 4. The molecule has 1 aliphatic rings. The summed E-state index contributed by atoms with van der Waals surface area (Å²) >= 11 is 0. The summed E-state index contributed by atoms with van der Waals surface area (Å²) < 4.78 is 10.3. The lowest BCUT2D eigenvalue weighted by Crippen LogP contribution is -2.29. The van der Waals surface area contributed by atoms with Crippen LogP contribution in [-0.2, 0) is 4.74 Å². The minimum atomic E-state index is -0.297. The summed E-state index contributed by atoms with van der Waals surface area (Å²) in [5.74, 6) is 1.68. The van der Waals surface area contributed by atoms with Gasteiger partial charge in [0.15, 0.2) is 0 Å². The van der Waals surface area contributed by atoms with Crippen LogP contribution in [0.25, 0.3) is 6.08 Å². The molecule has 0 radical (unpaired) electrons. The van der Waals surface area contributed by atoms with Crippen LogP contribution in [-0.4, -0.2) is 45.7 Å². The van der Waals surface area contributed by atoms with Crippen LogP contribution in [0.5, 0.6) is 5.75 Å². The van der Waals surface area contributed by atoms with E-state index in [0.717, 1.165) is 37.1 Å². The summed E-state index contributed by atoms with van der Waals surface area (Å²) in [6, 6.07) is 16.1. The van der Waals surface area contributed by atoms with Gasteiger partial charge in [-0.15, -0.1) is 12.4 Å². The van der Waals surface area contributed by atoms with E-state index in [0.29, 0.717) is 17.4 Å². The van der Waals surface area contributed by atoms with E-state index in [-0.39, 0.29) is 18.4 Å². The summed E-state index contributed by atoms with van der Waals surface area (Å²) in [5.41, 5.74) is 4.41. The lowest BCUT2D eigenvalue weighted by molar-refractivity contribution is 0.0600. The largest absolute Gasteiger partial charge is 0.497 e. The van der Waals surface area contributed by atoms with E-state index in [1.807, 2.05) is 24.3 Å². The molecule has 2 atom stereocenters. The molecule has 0 bridgehead atoms. The van der Waals surface area contributed by atoms with Crippen LogP contribution < -0.4 is 4.74 Å². The first-order chi connectivity index (χ1) is 14.0. The maximum atomic E-state index is 11.8. The van der Waals surface area contributed by atoms with Gasteiger partial charge in [-0.1, -0.05) is 35.9 Å². The number of esters is 1. The lowest BCUT2D eigenvalue weighted by Gasteiger charge is -2.35. The van der Waals surface area contributed by atoms with Crippen molar-refractivity contribution in [2.24, 2.45) is 5.92 Å². The zero-order valence-electron chi connectivity index (χ0n) is 18.3. The SMILES string of the molecule is COC(=O)c1cccc(/C=C2/CCC(CN(C)C)C(c3cccc(OC)c3)C2)c1.Cl. The third kappa shape index (κ3) is 6.10. The lowest BCUT2D eigenvalue weighted by atomic mass is 9.73. The van der Waals surface area contributed by atoms with E-state index in [2.05, 4.69) is 43.3 Å². The van der Waals surface area contributed by atoms with Gasteiger partial charge in [0.25, 0.3) is 0 Å². The van der Waals surface area contributed by atoms with E-state index in [9.17, 15) is 4.79 Å². The Morgan fingerprint density at radius 1 is 1.13 bits per heavy atom. The van der Waals surface area contributed by atoms with Crippen LogP contribution in [0.15, 0.2) is 54.1 Å². The first kappa shape index (κ1) is 24.0. The van der Waals surface area contributed by atoms with Crippen molar-refractivity contribution in [3.63, 3.8) is 0 Å². The molecule has 30 heavy (non-hydrogen) atoms. The Hall–Kier alpha value is -2.30. The van der Waals surface area contributed by atoms with Gasteiger partial charge in [0.05, 0.1) is 19.8 Å². The molecular weight excluding hydrogens is 398 g/mol. The minimum absolute atomic E-state index is 0. The van der Waals surface area contributed by atoms with E-state index in [1.54, 1.807) is 13.2 Å². The average Bonchev–Trinajstić information content (AvgIpc) is 2.74. The second kappa shape index (κ2) is 11.2. The number of hydrogen-bond donors (Lipinski definition) is 0. The topological polar surface area (TPSA) is 38.8 Å². The molecule has 0 N–H and O–H groups in total. The fraction of sp³-hybridized carbons (Fsp3) is 0.400. The number of allylic oxidation sites excluding steroid dienone is 1. The van der Waals surface area contributed by atoms with E-state index in [4.69, 9.17) is 9.47 Å². The maximum absolute atomic E-state index is 11.8. The summed E-state index contributed by atoms with van der Waals surface area (Å²) in [6.45, 7) is 1.08. The first-order valence-electron chi connectivity index (χ1n) is 10.2. The van der Waals surface area contributed by atoms with Crippen LogP contribution in [0, 0.1) is 5.92 Å². The molecule has 4 nitrogen and oxygen atoms in total. The molecule has 0 amide bonds. The zero-order valence-corrected chi connectivity index (χ0v) is 19.1. The molecule has 2 aromatic carbocycles. The van der Waals surface area contributed by atoms with E-state index < -0.39 is 0 Å². The van der Waals surface area contributed by atoms with Crippen molar-refractivity contribution < 1.29 is 14.3 Å². The van der Waals surface area contributed by atoms with Crippen molar-refractivity contribution in [3.8, 4) is 5.75 Å². The Labute approximate surface area is 186 Å². The molecule has 0 aromatic heterocycles. The number of methoxy groups -OCH3 is 2. The van der Waals surface area contributed by atoms with Crippen LogP contribution >= 0.6 is 12.4 Å². The second-order valence-corrected chi connectivity index (χ2v) is 8.07. The van der Waals surface area contributed by atoms with Gasteiger partial charge in [0, 0.05) is 6.54 Å². The van der Waals surface area contributed by atoms with Crippen molar-refractivity contribution in [3.05, 3.63) is 70.8 Å². The van der Waals surface area contributed by atoms with Crippen molar-refractivity contribution in [2.45, 2.75) is 25.2 Å². The minimum Gasteiger partial charge on any atom is -0.497 e. The molecule has 2 aromatic rings. The molecule has 1 aliphatic carbocycles. The van der Waals surface area contributed by atoms with Crippen LogP contribution in [0.3, 0.4) is 0 Å². The number of carbonyl (C=O) groups is 1. The highest BCUT2D eigenvalue weighted by Gasteiger charge is 2.29. The van der Waals surface area contributed by atoms with E-state index >= 15 is 0 Å². The zero-order chi connectivity index (χ0) is 20.8. The predicted molar refractivity (Wildman–Crippen MR) is 125 cm³/mol. The molecular formula is C25H32ClNO3. The molecule has 1 fully saturated rings. The smallest absolute Gasteiger partial charge is 0.337 e.